The highest BCUT2D eigenvalue weighted by atomic mass is 32.1. The molecule has 1 amide bonds. The minimum absolute atomic E-state index is 0.107. The number of ether oxygens (including phenoxy) is 1. The molecule has 0 fully saturated rings. The predicted octanol–water partition coefficient (Wildman–Crippen LogP) is 4.73. The minimum Gasteiger partial charge on any atom is -0.462 e. The summed E-state index contributed by atoms with van der Waals surface area (Å²) in [5.41, 5.74) is 1.14. The number of hydrogen-bond donors (Lipinski definition) is 1. The van der Waals surface area contributed by atoms with Gasteiger partial charge < -0.3 is 14.5 Å². The minimum atomic E-state index is -0.984. The number of carbonyl (C=O) groups excluding carboxylic acids is 3. The van der Waals surface area contributed by atoms with Crippen LogP contribution in [0.2, 0.25) is 0 Å². The maximum atomic E-state index is 12.6. The number of anilines is 1. The second-order valence-corrected chi connectivity index (χ2v) is 8.24. The molecule has 2 heterocycles. The summed E-state index contributed by atoms with van der Waals surface area (Å²) in [6.45, 7) is 6.87. The summed E-state index contributed by atoms with van der Waals surface area (Å²) in [6, 6.07) is 9.96. The zero-order chi connectivity index (χ0) is 21.8. The van der Waals surface area contributed by atoms with Gasteiger partial charge in [-0.15, -0.1) is 11.3 Å². The third-order valence-electron chi connectivity index (χ3n) is 4.34. The first-order valence-corrected chi connectivity index (χ1v) is 10.3. The second kappa shape index (κ2) is 9.04. The SMILES string of the molecule is Cc1sc(-c2ccco2)nc1C(=O)OC(C)C(=O)c1ccc(NC(=O)C(C)C)cc1. The summed E-state index contributed by atoms with van der Waals surface area (Å²) >= 11 is 1.32. The molecule has 1 N–H and O–H groups in total. The average Bonchev–Trinajstić information content (AvgIpc) is 3.37. The Morgan fingerprint density at radius 1 is 1.10 bits per heavy atom. The van der Waals surface area contributed by atoms with Crippen molar-refractivity contribution in [3.63, 3.8) is 0 Å². The van der Waals surface area contributed by atoms with E-state index in [1.54, 1.807) is 57.2 Å². The Bertz CT molecular complexity index is 1050. The zero-order valence-electron chi connectivity index (χ0n) is 17.1. The van der Waals surface area contributed by atoms with Crippen LogP contribution in [0.3, 0.4) is 0 Å². The van der Waals surface area contributed by atoms with Gasteiger partial charge in [0.15, 0.2) is 22.6 Å². The number of rotatable bonds is 7. The molecule has 2 aromatic heterocycles. The summed E-state index contributed by atoms with van der Waals surface area (Å²) < 4.78 is 10.7. The molecule has 3 rings (SSSR count). The van der Waals surface area contributed by atoms with Crippen LogP contribution in [0.15, 0.2) is 47.1 Å². The van der Waals surface area contributed by atoms with Crippen molar-refractivity contribution in [1.82, 2.24) is 4.98 Å². The standard InChI is InChI=1S/C22H22N2O5S/c1-12(2)20(26)23-16-9-7-15(8-10-16)19(25)13(3)29-22(27)18-14(4)30-21(24-18)17-6-5-11-28-17/h5-13H,1-4H3,(H,23,26). The zero-order valence-corrected chi connectivity index (χ0v) is 17.9. The molecule has 1 aromatic carbocycles. The number of carbonyl (C=O) groups is 3. The maximum absolute atomic E-state index is 12.6. The van der Waals surface area contributed by atoms with E-state index in [4.69, 9.17) is 9.15 Å². The summed E-state index contributed by atoms with van der Waals surface area (Å²) in [5.74, 6) is -0.694. The Labute approximate surface area is 178 Å². The van der Waals surface area contributed by atoms with Gasteiger partial charge in [0.1, 0.15) is 0 Å². The van der Waals surface area contributed by atoms with Crippen LogP contribution in [-0.2, 0) is 9.53 Å². The van der Waals surface area contributed by atoms with E-state index >= 15 is 0 Å². The fourth-order valence-electron chi connectivity index (χ4n) is 2.60. The monoisotopic (exact) mass is 426 g/mol. The molecule has 7 nitrogen and oxygen atoms in total. The number of thiazole rings is 1. The number of esters is 1. The van der Waals surface area contributed by atoms with Crippen LogP contribution in [0, 0.1) is 12.8 Å². The van der Waals surface area contributed by atoms with Gasteiger partial charge in [-0.1, -0.05) is 13.8 Å². The quantitative estimate of drug-likeness (QED) is 0.433. The van der Waals surface area contributed by atoms with Gasteiger partial charge in [0.2, 0.25) is 11.7 Å². The van der Waals surface area contributed by atoms with Gasteiger partial charge in [-0.3, -0.25) is 9.59 Å². The third kappa shape index (κ3) is 4.83. The van der Waals surface area contributed by atoms with Crippen molar-refractivity contribution in [2.24, 2.45) is 5.92 Å². The van der Waals surface area contributed by atoms with Crippen molar-refractivity contribution in [1.29, 1.82) is 0 Å². The molecule has 0 bridgehead atoms. The summed E-state index contributed by atoms with van der Waals surface area (Å²) in [7, 11) is 0. The Kier molecular flexibility index (Phi) is 6.47. The number of nitrogens with one attached hydrogen (secondary N) is 1. The molecule has 8 heteroatoms. The van der Waals surface area contributed by atoms with Crippen molar-refractivity contribution in [2.75, 3.05) is 5.32 Å². The maximum Gasteiger partial charge on any atom is 0.358 e. The molecule has 1 unspecified atom stereocenters. The Morgan fingerprint density at radius 2 is 1.80 bits per heavy atom. The number of aryl methyl sites for hydroxylation is 1. The Hall–Kier alpha value is -3.26. The van der Waals surface area contributed by atoms with E-state index in [1.807, 2.05) is 0 Å². The van der Waals surface area contributed by atoms with Crippen LogP contribution in [-0.4, -0.2) is 28.7 Å². The number of nitrogens with zero attached hydrogens (tertiary/aromatic N) is 1. The molecule has 156 valence electrons. The number of amides is 1. The van der Waals surface area contributed by atoms with Crippen LogP contribution in [0.4, 0.5) is 5.69 Å². The van der Waals surface area contributed by atoms with E-state index < -0.39 is 12.1 Å². The van der Waals surface area contributed by atoms with Crippen molar-refractivity contribution in [3.05, 3.63) is 58.8 Å². The van der Waals surface area contributed by atoms with E-state index in [-0.39, 0.29) is 23.3 Å². The van der Waals surface area contributed by atoms with Crippen LogP contribution >= 0.6 is 11.3 Å². The van der Waals surface area contributed by atoms with Gasteiger partial charge in [0.05, 0.1) is 6.26 Å². The van der Waals surface area contributed by atoms with Gasteiger partial charge in [-0.25, -0.2) is 9.78 Å². The summed E-state index contributed by atoms with van der Waals surface area (Å²) in [4.78, 5) is 41.9. The largest absolute Gasteiger partial charge is 0.462 e. The van der Waals surface area contributed by atoms with Crippen LogP contribution in [0.1, 0.15) is 46.5 Å². The molecule has 0 saturated carbocycles. The van der Waals surface area contributed by atoms with E-state index in [9.17, 15) is 14.4 Å². The number of Topliss-reactive ketones (excluding diaryl/α,β-unsaturated/α-hetero) is 1. The normalized spacial score (nSPS) is 11.9. The van der Waals surface area contributed by atoms with Crippen molar-refractivity contribution < 1.29 is 23.5 Å². The average molecular weight is 426 g/mol. The topological polar surface area (TPSA) is 98.5 Å². The molecule has 0 aliphatic carbocycles. The van der Waals surface area contributed by atoms with Gasteiger partial charge in [-0.05, 0) is 50.2 Å². The summed E-state index contributed by atoms with van der Waals surface area (Å²) in [5, 5.41) is 3.33. The highest BCUT2D eigenvalue weighted by Gasteiger charge is 2.24. The molecule has 0 aliphatic heterocycles. The van der Waals surface area contributed by atoms with E-state index in [2.05, 4.69) is 10.3 Å². The second-order valence-electron chi connectivity index (χ2n) is 7.03. The summed E-state index contributed by atoms with van der Waals surface area (Å²) in [6.07, 6.45) is 0.548. The molecule has 0 saturated heterocycles. The lowest BCUT2D eigenvalue weighted by Gasteiger charge is -2.12. The van der Waals surface area contributed by atoms with Gasteiger partial charge in [-0.2, -0.15) is 0 Å². The van der Waals surface area contributed by atoms with Gasteiger partial charge >= 0.3 is 5.97 Å². The fourth-order valence-corrected chi connectivity index (χ4v) is 3.47. The molecular formula is C22H22N2O5S. The molecule has 0 spiro atoms. The van der Waals surface area contributed by atoms with E-state index in [1.165, 1.54) is 24.5 Å². The van der Waals surface area contributed by atoms with E-state index in [0.29, 0.717) is 26.9 Å². The van der Waals surface area contributed by atoms with E-state index in [0.717, 1.165) is 0 Å². The number of ketones is 1. The van der Waals surface area contributed by atoms with Crippen LogP contribution < -0.4 is 5.32 Å². The lowest BCUT2D eigenvalue weighted by Crippen LogP contribution is -2.25. The molecule has 1 atom stereocenters. The molecular weight excluding hydrogens is 404 g/mol. The molecule has 0 aliphatic rings. The predicted molar refractivity (Wildman–Crippen MR) is 114 cm³/mol. The highest BCUT2D eigenvalue weighted by molar-refractivity contribution is 7.15. The number of furan rings is 1. The van der Waals surface area contributed by atoms with Gasteiger partial charge in [0, 0.05) is 22.0 Å². The third-order valence-corrected chi connectivity index (χ3v) is 5.32. The number of benzene rings is 1. The van der Waals surface area contributed by atoms with Crippen molar-refractivity contribution >= 4 is 34.7 Å². The first-order valence-electron chi connectivity index (χ1n) is 9.43. The first-order chi connectivity index (χ1) is 14.3. The van der Waals surface area contributed by atoms with Crippen molar-refractivity contribution in [2.45, 2.75) is 33.8 Å². The lowest BCUT2D eigenvalue weighted by molar-refractivity contribution is -0.118. The molecule has 0 radical (unpaired) electrons. The lowest BCUT2D eigenvalue weighted by atomic mass is 10.1. The van der Waals surface area contributed by atoms with Gasteiger partial charge in [0.25, 0.3) is 0 Å². The highest BCUT2D eigenvalue weighted by Crippen LogP contribution is 2.28. The van der Waals surface area contributed by atoms with Crippen LogP contribution in [0.5, 0.6) is 0 Å². The number of hydrogen-bond acceptors (Lipinski definition) is 7. The van der Waals surface area contributed by atoms with Crippen LogP contribution in [0.25, 0.3) is 10.8 Å². The Morgan fingerprint density at radius 3 is 2.40 bits per heavy atom. The fraction of sp³-hybridized carbons (Fsp3) is 0.273. The smallest absolute Gasteiger partial charge is 0.358 e. The number of aromatic nitrogens is 1. The Balaban J connectivity index is 1.65. The molecule has 3 aromatic rings. The molecule has 30 heavy (non-hydrogen) atoms. The van der Waals surface area contributed by atoms with Crippen molar-refractivity contribution in [3.8, 4) is 10.8 Å². The first kappa shape index (κ1) is 21.4.